The number of benzene rings is 1. The summed E-state index contributed by atoms with van der Waals surface area (Å²) in [6.07, 6.45) is 3.47. The molecule has 4 heterocycles. The van der Waals surface area contributed by atoms with Crippen LogP contribution in [0.5, 0.6) is 11.5 Å². The van der Waals surface area contributed by atoms with E-state index in [4.69, 9.17) is 13.9 Å². The van der Waals surface area contributed by atoms with Gasteiger partial charge in [0.1, 0.15) is 6.26 Å². The molecule has 0 fully saturated rings. The van der Waals surface area contributed by atoms with E-state index in [1.54, 1.807) is 29.2 Å². The highest BCUT2D eigenvalue weighted by atomic mass is 32.1. The topological polar surface area (TPSA) is 93.9 Å². The number of thiazole rings is 1. The van der Waals surface area contributed by atoms with Gasteiger partial charge in [0.15, 0.2) is 16.6 Å². The van der Waals surface area contributed by atoms with Gasteiger partial charge in [-0.05, 0) is 24.3 Å². The third kappa shape index (κ3) is 2.99. The predicted octanol–water partition coefficient (Wildman–Crippen LogP) is 2.92. The first-order valence-electron chi connectivity index (χ1n) is 8.68. The van der Waals surface area contributed by atoms with Crippen LogP contribution in [0.25, 0.3) is 0 Å². The first kappa shape index (κ1) is 16.8. The molecule has 9 heteroatoms. The molecule has 0 saturated heterocycles. The summed E-state index contributed by atoms with van der Waals surface area (Å²) in [5, 5.41) is 3.30. The Morgan fingerprint density at radius 1 is 1.14 bits per heavy atom. The molecule has 0 spiro atoms. The van der Waals surface area contributed by atoms with E-state index in [1.807, 2.05) is 0 Å². The molecule has 1 aromatic carbocycles. The molecule has 8 nitrogen and oxygen atoms in total. The molecule has 142 valence electrons. The number of hydrogen-bond acceptors (Lipinski definition) is 7. The average Bonchev–Trinajstić information content (AvgIpc) is 3.45. The van der Waals surface area contributed by atoms with Crippen molar-refractivity contribution in [3.8, 4) is 11.5 Å². The standard InChI is InChI=1S/C19H15N3O5S/c23-17(12-4-6-25-9-12)21-19-20-13-3-5-22(8-16(13)28-19)18(24)11-1-2-14-15(7-11)27-10-26-14/h1-2,4,6-7,9H,3,5,8,10H2,(H,20,21,23). The molecule has 28 heavy (non-hydrogen) atoms. The highest BCUT2D eigenvalue weighted by Gasteiger charge is 2.26. The lowest BCUT2D eigenvalue weighted by Crippen LogP contribution is -2.35. The molecule has 2 amide bonds. The summed E-state index contributed by atoms with van der Waals surface area (Å²) in [5.74, 6) is 0.901. The number of furan rings is 1. The van der Waals surface area contributed by atoms with Gasteiger partial charge in [-0.25, -0.2) is 4.98 Å². The van der Waals surface area contributed by atoms with Gasteiger partial charge in [-0.1, -0.05) is 11.3 Å². The van der Waals surface area contributed by atoms with Crippen LogP contribution in [0.1, 0.15) is 31.3 Å². The lowest BCUT2D eigenvalue weighted by Gasteiger charge is -2.26. The second-order valence-corrected chi connectivity index (χ2v) is 7.48. The lowest BCUT2D eigenvalue weighted by atomic mass is 10.1. The number of anilines is 1. The summed E-state index contributed by atoms with van der Waals surface area (Å²) in [6, 6.07) is 6.80. The predicted molar refractivity (Wildman–Crippen MR) is 99.8 cm³/mol. The SMILES string of the molecule is O=C(Nc1nc2c(s1)CN(C(=O)c1ccc3c(c1)OCO3)CC2)c1ccoc1. The van der Waals surface area contributed by atoms with E-state index in [9.17, 15) is 9.59 Å². The van der Waals surface area contributed by atoms with E-state index in [0.717, 1.165) is 10.6 Å². The summed E-state index contributed by atoms with van der Waals surface area (Å²) in [7, 11) is 0. The Hall–Kier alpha value is -3.33. The van der Waals surface area contributed by atoms with Crippen LogP contribution in [0.2, 0.25) is 0 Å². The van der Waals surface area contributed by atoms with E-state index in [0.29, 0.717) is 47.3 Å². The zero-order chi connectivity index (χ0) is 19.1. The molecule has 0 saturated carbocycles. The highest BCUT2D eigenvalue weighted by Crippen LogP contribution is 2.34. The first-order chi connectivity index (χ1) is 13.7. The summed E-state index contributed by atoms with van der Waals surface area (Å²) in [4.78, 5) is 32.3. The molecule has 2 aliphatic heterocycles. The van der Waals surface area contributed by atoms with E-state index < -0.39 is 0 Å². The molecule has 0 atom stereocenters. The fraction of sp³-hybridized carbons (Fsp3) is 0.211. The van der Waals surface area contributed by atoms with Crippen molar-refractivity contribution in [2.45, 2.75) is 13.0 Å². The molecule has 1 N–H and O–H groups in total. The third-order valence-electron chi connectivity index (χ3n) is 4.64. The van der Waals surface area contributed by atoms with Crippen LogP contribution in [0.3, 0.4) is 0 Å². The van der Waals surface area contributed by atoms with Crippen molar-refractivity contribution < 1.29 is 23.5 Å². The Balaban J connectivity index is 1.30. The van der Waals surface area contributed by atoms with E-state index in [-0.39, 0.29) is 18.6 Å². The van der Waals surface area contributed by atoms with Crippen molar-refractivity contribution in [3.05, 3.63) is 58.5 Å². The second kappa shape index (κ2) is 6.68. The maximum absolute atomic E-state index is 12.9. The van der Waals surface area contributed by atoms with Gasteiger partial charge in [-0.15, -0.1) is 0 Å². The van der Waals surface area contributed by atoms with Gasteiger partial charge < -0.3 is 18.8 Å². The fourth-order valence-electron chi connectivity index (χ4n) is 3.20. The molecule has 5 rings (SSSR count). The minimum absolute atomic E-state index is 0.0682. The monoisotopic (exact) mass is 397 g/mol. The molecular weight excluding hydrogens is 382 g/mol. The van der Waals surface area contributed by atoms with Crippen molar-refractivity contribution in [1.29, 1.82) is 0 Å². The highest BCUT2D eigenvalue weighted by molar-refractivity contribution is 7.15. The number of nitrogens with zero attached hydrogens (tertiary/aromatic N) is 2. The zero-order valence-corrected chi connectivity index (χ0v) is 15.5. The van der Waals surface area contributed by atoms with Crippen LogP contribution in [0.15, 0.2) is 41.2 Å². The number of carbonyl (C=O) groups excluding carboxylic acids is 2. The quantitative estimate of drug-likeness (QED) is 0.730. The van der Waals surface area contributed by atoms with E-state index in [2.05, 4.69) is 10.3 Å². The number of rotatable bonds is 3. The Morgan fingerprint density at radius 2 is 2.04 bits per heavy atom. The summed E-state index contributed by atoms with van der Waals surface area (Å²) < 4.78 is 15.6. The van der Waals surface area contributed by atoms with Crippen LogP contribution >= 0.6 is 11.3 Å². The Labute approximate surface area is 163 Å². The van der Waals surface area contributed by atoms with Gasteiger partial charge in [0, 0.05) is 23.4 Å². The normalized spacial score (nSPS) is 14.6. The van der Waals surface area contributed by atoms with Crippen LogP contribution in [0, 0.1) is 0 Å². The van der Waals surface area contributed by atoms with Crippen molar-refractivity contribution in [3.63, 3.8) is 0 Å². The second-order valence-electron chi connectivity index (χ2n) is 6.40. The minimum Gasteiger partial charge on any atom is -0.472 e. The van der Waals surface area contributed by atoms with Gasteiger partial charge in [0.2, 0.25) is 6.79 Å². The smallest absolute Gasteiger partial charge is 0.260 e. The van der Waals surface area contributed by atoms with Gasteiger partial charge in [-0.2, -0.15) is 0 Å². The molecule has 0 aliphatic carbocycles. The lowest BCUT2D eigenvalue weighted by molar-refractivity contribution is 0.0735. The third-order valence-corrected chi connectivity index (χ3v) is 5.64. The number of fused-ring (bicyclic) bond motifs is 2. The molecule has 0 unspecified atom stereocenters. The number of amides is 2. The average molecular weight is 397 g/mol. The number of hydrogen-bond donors (Lipinski definition) is 1. The van der Waals surface area contributed by atoms with Crippen molar-refractivity contribution in [1.82, 2.24) is 9.88 Å². The van der Waals surface area contributed by atoms with Gasteiger partial charge in [-0.3, -0.25) is 14.9 Å². The summed E-state index contributed by atoms with van der Waals surface area (Å²) in [5.41, 5.74) is 1.92. The molecular formula is C19H15N3O5S. The van der Waals surface area contributed by atoms with Gasteiger partial charge >= 0.3 is 0 Å². The fourth-order valence-corrected chi connectivity index (χ4v) is 4.22. The van der Waals surface area contributed by atoms with Gasteiger partial charge in [0.25, 0.3) is 11.8 Å². The van der Waals surface area contributed by atoms with E-state index >= 15 is 0 Å². The summed E-state index contributed by atoms with van der Waals surface area (Å²) >= 11 is 1.39. The van der Waals surface area contributed by atoms with Crippen LogP contribution in [0.4, 0.5) is 5.13 Å². The Bertz CT molecular complexity index is 1060. The van der Waals surface area contributed by atoms with Gasteiger partial charge in [0.05, 0.1) is 24.1 Å². The molecule has 0 bridgehead atoms. The van der Waals surface area contributed by atoms with Crippen molar-refractivity contribution in [2.75, 3.05) is 18.7 Å². The molecule has 0 radical (unpaired) electrons. The number of carbonyl (C=O) groups is 2. The van der Waals surface area contributed by atoms with Crippen LogP contribution in [-0.2, 0) is 13.0 Å². The zero-order valence-electron chi connectivity index (χ0n) is 14.6. The van der Waals surface area contributed by atoms with Crippen molar-refractivity contribution in [2.24, 2.45) is 0 Å². The maximum atomic E-state index is 12.9. The van der Waals surface area contributed by atoms with E-state index in [1.165, 1.54) is 23.9 Å². The Morgan fingerprint density at radius 3 is 2.89 bits per heavy atom. The maximum Gasteiger partial charge on any atom is 0.260 e. The largest absolute Gasteiger partial charge is 0.472 e. The first-order valence-corrected chi connectivity index (χ1v) is 9.50. The van der Waals surface area contributed by atoms with Crippen LogP contribution < -0.4 is 14.8 Å². The number of nitrogens with one attached hydrogen (secondary N) is 1. The molecule has 3 aromatic rings. The molecule has 2 aliphatic rings. The number of aromatic nitrogens is 1. The van der Waals surface area contributed by atoms with Crippen molar-refractivity contribution >= 4 is 28.3 Å². The summed E-state index contributed by atoms with van der Waals surface area (Å²) in [6.45, 7) is 1.20. The Kier molecular flexibility index (Phi) is 4.01. The van der Waals surface area contributed by atoms with Crippen LogP contribution in [-0.4, -0.2) is 35.0 Å². The minimum atomic E-state index is -0.270. The molecule has 2 aromatic heterocycles. The number of ether oxygens (including phenoxy) is 2.